The first-order valence-corrected chi connectivity index (χ1v) is 12.6. The number of thioether (sulfide) groups is 1. The number of morpholine rings is 1. The Balaban J connectivity index is 1.36. The quantitative estimate of drug-likeness (QED) is 0.476. The van der Waals surface area contributed by atoms with E-state index in [-0.39, 0.29) is 11.7 Å². The average Bonchev–Trinajstić information content (AvgIpc) is 3.41. The lowest BCUT2D eigenvalue weighted by molar-refractivity contribution is -0.113. The standard InChI is InChI=1S/C22H28N6O2S2/c1-16(2)12-28-19(13-27-8-10-30-11-9-27)25-26-22(28)32-15-20(29)24-21-23-18(14-31-21)17-6-4-3-5-7-17/h3-7,14,16H,8-13,15H2,1-2H3,(H,23,24,29). The van der Waals surface area contributed by atoms with Crippen molar-refractivity contribution in [2.45, 2.75) is 32.1 Å². The molecule has 0 bridgehead atoms. The predicted octanol–water partition coefficient (Wildman–Crippen LogP) is 3.62. The van der Waals surface area contributed by atoms with Crippen LogP contribution in [0.15, 0.2) is 40.9 Å². The molecule has 170 valence electrons. The maximum absolute atomic E-state index is 12.5. The van der Waals surface area contributed by atoms with Gasteiger partial charge in [-0.05, 0) is 5.92 Å². The number of nitrogens with one attached hydrogen (secondary N) is 1. The Morgan fingerprint density at radius 2 is 2.00 bits per heavy atom. The molecule has 32 heavy (non-hydrogen) atoms. The maximum Gasteiger partial charge on any atom is 0.236 e. The van der Waals surface area contributed by atoms with E-state index >= 15 is 0 Å². The minimum Gasteiger partial charge on any atom is -0.379 e. The number of carbonyl (C=O) groups excluding carboxylic acids is 1. The van der Waals surface area contributed by atoms with Gasteiger partial charge in [-0.2, -0.15) is 0 Å². The van der Waals surface area contributed by atoms with Crippen LogP contribution in [0.5, 0.6) is 0 Å². The fourth-order valence-electron chi connectivity index (χ4n) is 3.41. The summed E-state index contributed by atoms with van der Waals surface area (Å²) in [4.78, 5) is 19.4. The van der Waals surface area contributed by atoms with Crippen LogP contribution in [0.25, 0.3) is 11.3 Å². The summed E-state index contributed by atoms with van der Waals surface area (Å²) in [5.74, 6) is 1.55. The van der Waals surface area contributed by atoms with Crippen molar-refractivity contribution in [3.8, 4) is 11.3 Å². The van der Waals surface area contributed by atoms with Gasteiger partial charge in [-0.15, -0.1) is 21.5 Å². The van der Waals surface area contributed by atoms with Gasteiger partial charge in [-0.1, -0.05) is 55.9 Å². The number of amides is 1. The summed E-state index contributed by atoms with van der Waals surface area (Å²) >= 11 is 2.84. The summed E-state index contributed by atoms with van der Waals surface area (Å²) in [6.07, 6.45) is 0. The molecule has 1 aliphatic rings. The van der Waals surface area contributed by atoms with Crippen LogP contribution >= 0.6 is 23.1 Å². The van der Waals surface area contributed by atoms with Crippen molar-refractivity contribution < 1.29 is 9.53 Å². The Bertz CT molecular complexity index is 1010. The molecule has 0 saturated carbocycles. The van der Waals surface area contributed by atoms with Crippen molar-refractivity contribution in [3.63, 3.8) is 0 Å². The van der Waals surface area contributed by atoms with E-state index in [0.717, 1.165) is 61.6 Å². The van der Waals surface area contributed by atoms with Crippen molar-refractivity contribution in [2.75, 3.05) is 37.4 Å². The first-order chi connectivity index (χ1) is 15.6. The molecule has 3 heterocycles. The molecule has 4 rings (SSSR count). The second-order valence-electron chi connectivity index (χ2n) is 8.03. The van der Waals surface area contributed by atoms with Gasteiger partial charge in [0.1, 0.15) is 5.82 Å². The van der Waals surface area contributed by atoms with Gasteiger partial charge in [0, 0.05) is 30.6 Å². The van der Waals surface area contributed by atoms with E-state index < -0.39 is 0 Å². The molecule has 2 aromatic heterocycles. The van der Waals surface area contributed by atoms with Gasteiger partial charge in [0.2, 0.25) is 5.91 Å². The van der Waals surface area contributed by atoms with E-state index in [1.165, 1.54) is 23.1 Å². The van der Waals surface area contributed by atoms with Crippen LogP contribution in [0.1, 0.15) is 19.7 Å². The molecule has 10 heteroatoms. The third-order valence-electron chi connectivity index (χ3n) is 4.96. The highest BCUT2D eigenvalue weighted by molar-refractivity contribution is 7.99. The minimum atomic E-state index is -0.0993. The van der Waals surface area contributed by atoms with Crippen molar-refractivity contribution >= 4 is 34.1 Å². The number of carbonyl (C=O) groups is 1. The summed E-state index contributed by atoms with van der Waals surface area (Å²) in [7, 11) is 0. The van der Waals surface area contributed by atoms with Crippen molar-refractivity contribution in [3.05, 3.63) is 41.5 Å². The van der Waals surface area contributed by atoms with Crippen molar-refractivity contribution in [2.24, 2.45) is 5.92 Å². The summed E-state index contributed by atoms with van der Waals surface area (Å²) in [6.45, 7) is 9.22. The van der Waals surface area contributed by atoms with Crippen LogP contribution < -0.4 is 5.32 Å². The molecule has 0 unspecified atom stereocenters. The Labute approximate surface area is 196 Å². The highest BCUT2D eigenvalue weighted by atomic mass is 32.2. The zero-order valence-electron chi connectivity index (χ0n) is 18.4. The Kier molecular flexibility index (Phi) is 7.90. The van der Waals surface area contributed by atoms with Gasteiger partial charge < -0.3 is 14.6 Å². The number of benzene rings is 1. The van der Waals surface area contributed by atoms with Crippen LogP contribution in [-0.4, -0.2) is 62.6 Å². The number of hydrogen-bond donors (Lipinski definition) is 1. The van der Waals surface area contributed by atoms with E-state index in [1.54, 1.807) is 0 Å². The lowest BCUT2D eigenvalue weighted by Gasteiger charge is -2.26. The van der Waals surface area contributed by atoms with Gasteiger partial charge in [0.25, 0.3) is 0 Å². The Morgan fingerprint density at radius 1 is 1.22 bits per heavy atom. The first-order valence-electron chi connectivity index (χ1n) is 10.7. The normalized spacial score (nSPS) is 14.7. The third-order valence-corrected chi connectivity index (χ3v) is 6.69. The topological polar surface area (TPSA) is 85.2 Å². The van der Waals surface area contributed by atoms with Crippen molar-refractivity contribution in [1.82, 2.24) is 24.6 Å². The van der Waals surface area contributed by atoms with Gasteiger partial charge in [0.15, 0.2) is 10.3 Å². The molecule has 3 aromatic rings. The van der Waals surface area contributed by atoms with Gasteiger partial charge >= 0.3 is 0 Å². The number of thiazole rings is 1. The average molecular weight is 473 g/mol. The number of rotatable bonds is 9. The molecule has 1 aromatic carbocycles. The molecule has 1 saturated heterocycles. The zero-order chi connectivity index (χ0) is 22.3. The highest BCUT2D eigenvalue weighted by Crippen LogP contribution is 2.25. The first kappa shape index (κ1) is 22.9. The van der Waals surface area contributed by atoms with Gasteiger partial charge in [-0.25, -0.2) is 4.98 Å². The summed E-state index contributed by atoms with van der Waals surface area (Å²) < 4.78 is 7.59. The fraction of sp³-hybridized carbons (Fsp3) is 0.455. The van der Waals surface area contributed by atoms with E-state index in [2.05, 4.69) is 43.8 Å². The van der Waals surface area contributed by atoms with Crippen molar-refractivity contribution in [1.29, 1.82) is 0 Å². The highest BCUT2D eigenvalue weighted by Gasteiger charge is 2.19. The van der Waals surface area contributed by atoms with E-state index in [1.807, 2.05) is 35.7 Å². The van der Waals surface area contributed by atoms with E-state index in [0.29, 0.717) is 11.0 Å². The molecule has 0 atom stereocenters. The number of anilines is 1. The SMILES string of the molecule is CC(C)Cn1c(CN2CCOCC2)nnc1SCC(=O)Nc1nc(-c2ccccc2)cs1. The maximum atomic E-state index is 12.5. The molecule has 1 aliphatic heterocycles. The molecular weight excluding hydrogens is 444 g/mol. The zero-order valence-corrected chi connectivity index (χ0v) is 20.0. The number of ether oxygens (including phenoxy) is 1. The third kappa shape index (κ3) is 6.16. The van der Waals surface area contributed by atoms with Gasteiger partial charge in [-0.3, -0.25) is 9.69 Å². The number of nitrogens with zero attached hydrogens (tertiary/aromatic N) is 5. The predicted molar refractivity (Wildman–Crippen MR) is 128 cm³/mol. The van der Waals surface area contributed by atoms with Crippen LogP contribution in [-0.2, 0) is 22.6 Å². The Hall–Kier alpha value is -2.27. The van der Waals surface area contributed by atoms with Crippen LogP contribution in [0, 0.1) is 5.92 Å². The largest absolute Gasteiger partial charge is 0.379 e. The van der Waals surface area contributed by atoms with Crippen LogP contribution in [0.3, 0.4) is 0 Å². The van der Waals surface area contributed by atoms with Crippen LogP contribution in [0.2, 0.25) is 0 Å². The molecule has 1 N–H and O–H groups in total. The Morgan fingerprint density at radius 3 is 2.75 bits per heavy atom. The molecule has 1 fully saturated rings. The monoisotopic (exact) mass is 472 g/mol. The number of hydrogen-bond acceptors (Lipinski definition) is 8. The molecule has 1 amide bonds. The second-order valence-corrected chi connectivity index (χ2v) is 9.83. The van der Waals surface area contributed by atoms with Crippen LogP contribution in [0.4, 0.5) is 5.13 Å². The smallest absolute Gasteiger partial charge is 0.236 e. The minimum absolute atomic E-state index is 0.0993. The molecule has 0 spiro atoms. The van der Waals surface area contributed by atoms with E-state index in [4.69, 9.17) is 4.74 Å². The lowest BCUT2D eigenvalue weighted by Crippen LogP contribution is -2.36. The molecular formula is C22H28N6O2S2. The van der Waals surface area contributed by atoms with E-state index in [9.17, 15) is 4.79 Å². The lowest BCUT2D eigenvalue weighted by atomic mass is 10.2. The molecule has 0 radical (unpaired) electrons. The summed E-state index contributed by atoms with van der Waals surface area (Å²) in [5.41, 5.74) is 1.90. The fourth-order valence-corrected chi connectivity index (χ4v) is 4.91. The van der Waals surface area contributed by atoms with Gasteiger partial charge in [0.05, 0.1) is 31.2 Å². The molecule has 0 aliphatic carbocycles. The molecule has 8 nitrogen and oxygen atoms in total. The summed E-state index contributed by atoms with van der Waals surface area (Å²) in [5, 5.41) is 15.1. The number of aromatic nitrogens is 4. The second kappa shape index (κ2) is 11.0. The summed E-state index contributed by atoms with van der Waals surface area (Å²) in [6, 6.07) is 9.94.